The molecule has 1 N–H and O–H groups in total. The third kappa shape index (κ3) is 5.24. The maximum Gasteiger partial charge on any atom is 0.399 e. The Bertz CT molecular complexity index is 1710. The maximum atomic E-state index is 14.7. The van der Waals surface area contributed by atoms with Crippen molar-refractivity contribution in [1.82, 2.24) is 10.2 Å². The Morgan fingerprint density at radius 1 is 1.02 bits per heavy atom. The second-order valence-corrected chi connectivity index (χ2v) is 15.7. The van der Waals surface area contributed by atoms with E-state index < -0.39 is 74.3 Å². The van der Waals surface area contributed by atoms with Gasteiger partial charge in [0, 0.05) is 12.1 Å². The summed E-state index contributed by atoms with van der Waals surface area (Å²) in [5, 5.41) is 2.64. The lowest BCUT2D eigenvalue weighted by molar-refractivity contribution is -0.607. The minimum atomic E-state index is -1.51. The number of nitrogens with one attached hydrogen (secondary N) is 1. The Morgan fingerprint density at radius 3 is 2.31 bits per heavy atom. The summed E-state index contributed by atoms with van der Waals surface area (Å²) in [6, 6.07) is 12.9. The third-order valence-corrected chi connectivity index (χ3v) is 11.6. The molecular formula is C38H47ClN3O7+. The Kier molecular flexibility index (Phi) is 8.86. The lowest BCUT2D eigenvalue weighted by atomic mass is 9.60. The van der Waals surface area contributed by atoms with Crippen LogP contribution in [-0.4, -0.2) is 85.8 Å². The van der Waals surface area contributed by atoms with E-state index in [-0.39, 0.29) is 25.4 Å². The number of β-lactam (4-membered cyclic amide) rings is 1. The van der Waals surface area contributed by atoms with Crippen LogP contribution in [-0.2, 0) is 35.1 Å². The van der Waals surface area contributed by atoms with E-state index in [0.717, 1.165) is 16.7 Å². The first-order valence-corrected chi connectivity index (χ1v) is 17.8. The summed E-state index contributed by atoms with van der Waals surface area (Å²) in [5.41, 5.74) is -0.0756. The standard InChI is InChI=1S/C38H46ClN3O7/c1-8-38(49-28-16-15-22(3)19-23(28)4)35(47)40-37(38)18-17-26(39)27(21-37)41(36(5,6)7)31(43)29-33(45)42(29)32(44)25(30(34(42)46)48-9-2)20-24-13-11-10-12-14-24/h10-16,19,25-27,29-30H,8-9,17-18,20-21H2,1-7H3/p+1. The summed E-state index contributed by atoms with van der Waals surface area (Å²) >= 11 is 7.07. The van der Waals surface area contributed by atoms with Gasteiger partial charge < -0.3 is 19.7 Å². The number of aryl methyl sites for hydroxylation is 2. The largest absolute Gasteiger partial charge is 0.475 e. The molecule has 0 radical (unpaired) electrons. The van der Waals surface area contributed by atoms with Gasteiger partial charge in [-0.05, 0) is 90.8 Å². The molecule has 4 aliphatic rings. The number of imide groups is 3. The van der Waals surface area contributed by atoms with Crippen molar-refractivity contribution in [2.24, 2.45) is 5.92 Å². The van der Waals surface area contributed by atoms with E-state index in [1.807, 2.05) is 90.1 Å². The first-order valence-electron chi connectivity index (χ1n) is 17.3. The number of alkyl halides is 1. The van der Waals surface area contributed by atoms with Gasteiger partial charge in [0.05, 0.1) is 17.0 Å². The average molecular weight is 693 g/mol. The molecule has 3 heterocycles. The summed E-state index contributed by atoms with van der Waals surface area (Å²) in [6.07, 6.45) is 0.731. The predicted octanol–water partition coefficient (Wildman–Crippen LogP) is 4.54. The van der Waals surface area contributed by atoms with Crippen molar-refractivity contribution in [2.75, 3.05) is 6.61 Å². The smallest absolute Gasteiger partial charge is 0.399 e. The van der Waals surface area contributed by atoms with Crippen LogP contribution in [0.5, 0.6) is 5.75 Å². The molecule has 49 heavy (non-hydrogen) atoms. The lowest BCUT2D eigenvalue weighted by Gasteiger charge is -2.62. The van der Waals surface area contributed by atoms with E-state index in [0.29, 0.717) is 25.0 Å². The Balaban J connectivity index is 1.33. The fraction of sp³-hybridized carbons (Fsp3) is 0.553. The molecule has 1 saturated carbocycles. The first-order chi connectivity index (χ1) is 23.1. The minimum Gasteiger partial charge on any atom is -0.475 e. The number of hydrogen-bond donors (Lipinski definition) is 1. The van der Waals surface area contributed by atoms with E-state index in [1.54, 1.807) is 11.8 Å². The number of carbonyl (C=O) groups is 5. The molecule has 6 rings (SSSR count). The predicted molar refractivity (Wildman–Crippen MR) is 182 cm³/mol. The quantitative estimate of drug-likeness (QED) is 0.102. The van der Waals surface area contributed by atoms with Crippen molar-refractivity contribution in [3.8, 4) is 5.75 Å². The van der Waals surface area contributed by atoms with Crippen molar-refractivity contribution in [3.63, 3.8) is 0 Å². The third-order valence-electron chi connectivity index (χ3n) is 11.1. The molecule has 3 saturated heterocycles. The topological polar surface area (TPSA) is 119 Å². The molecule has 2 aromatic rings. The zero-order chi connectivity index (χ0) is 35.7. The highest BCUT2D eigenvalue weighted by atomic mass is 35.5. The molecular weight excluding hydrogens is 646 g/mol. The number of carbonyl (C=O) groups excluding carboxylic acids is 5. The SMILES string of the molecule is CCOC1C(=O)[N+]2(C(=O)C1Cc1ccccc1)C(=O)C2C(=O)N(C1CC2(CCC1Cl)NC(=O)C2(CC)Oc1ccc(C)cc1C)C(C)(C)C. The molecule has 1 aliphatic carbocycles. The van der Waals surface area contributed by atoms with Crippen molar-refractivity contribution in [2.45, 2.75) is 121 Å². The monoisotopic (exact) mass is 692 g/mol. The van der Waals surface area contributed by atoms with Crippen molar-refractivity contribution in [3.05, 3.63) is 65.2 Å². The van der Waals surface area contributed by atoms with Gasteiger partial charge in [0.15, 0.2) is 6.10 Å². The van der Waals surface area contributed by atoms with E-state index >= 15 is 0 Å². The highest BCUT2D eigenvalue weighted by Crippen LogP contribution is 2.52. The summed E-state index contributed by atoms with van der Waals surface area (Å²) in [7, 11) is 0. The van der Waals surface area contributed by atoms with Crippen LogP contribution in [0.15, 0.2) is 48.5 Å². The van der Waals surface area contributed by atoms with Gasteiger partial charge in [0.2, 0.25) is 5.60 Å². The molecule has 3 aliphatic heterocycles. The molecule has 11 heteroatoms. The van der Waals surface area contributed by atoms with Gasteiger partial charge in [-0.25, -0.2) is 14.4 Å². The summed E-state index contributed by atoms with van der Waals surface area (Å²) in [5.74, 6) is -3.16. The van der Waals surface area contributed by atoms with Gasteiger partial charge in [-0.15, -0.1) is 16.1 Å². The number of rotatable bonds is 9. The van der Waals surface area contributed by atoms with Gasteiger partial charge >= 0.3 is 23.8 Å². The summed E-state index contributed by atoms with van der Waals surface area (Å²) < 4.78 is 11.3. The average Bonchev–Trinajstić information content (AvgIpc) is 3.62. The molecule has 2 spiro atoms. The van der Waals surface area contributed by atoms with E-state index in [4.69, 9.17) is 21.1 Å². The Hall–Kier alpha value is -3.60. The number of hydrogen-bond acceptors (Lipinski definition) is 7. The second kappa shape index (κ2) is 12.3. The van der Waals surface area contributed by atoms with Gasteiger partial charge in [0.25, 0.3) is 11.8 Å². The Labute approximate surface area is 293 Å². The molecule has 10 nitrogen and oxygen atoms in total. The van der Waals surface area contributed by atoms with Crippen LogP contribution in [0.25, 0.3) is 0 Å². The number of benzene rings is 2. The minimum absolute atomic E-state index is 0.170. The van der Waals surface area contributed by atoms with Crippen molar-refractivity contribution < 1.29 is 37.9 Å². The molecule has 4 fully saturated rings. The fourth-order valence-electron chi connectivity index (χ4n) is 8.72. The number of ether oxygens (including phenoxy) is 2. The zero-order valence-electron chi connectivity index (χ0n) is 29.4. The number of amides is 5. The van der Waals surface area contributed by atoms with Crippen LogP contribution in [0.2, 0.25) is 0 Å². The van der Waals surface area contributed by atoms with Crippen molar-refractivity contribution in [1.29, 1.82) is 0 Å². The van der Waals surface area contributed by atoms with E-state index in [1.165, 1.54) is 0 Å². The molecule has 2 aromatic carbocycles. The van der Waals surface area contributed by atoms with Gasteiger partial charge in [0.1, 0.15) is 11.7 Å². The van der Waals surface area contributed by atoms with Crippen LogP contribution >= 0.6 is 11.6 Å². The summed E-state index contributed by atoms with van der Waals surface area (Å²) in [6.45, 7) is 13.3. The molecule has 8 unspecified atom stereocenters. The van der Waals surface area contributed by atoms with Crippen LogP contribution in [0, 0.1) is 19.8 Å². The molecule has 5 amide bonds. The van der Waals surface area contributed by atoms with Gasteiger partial charge in [-0.2, -0.15) is 0 Å². The van der Waals surface area contributed by atoms with Crippen LogP contribution in [0.3, 0.4) is 0 Å². The normalized spacial score (nSPS) is 33.8. The van der Waals surface area contributed by atoms with Crippen LogP contribution in [0.1, 0.15) is 77.0 Å². The van der Waals surface area contributed by atoms with Crippen LogP contribution < -0.4 is 10.1 Å². The van der Waals surface area contributed by atoms with E-state index in [9.17, 15) is 24.0 Å². The fourth-order valence-corrected chi connectivity index (χ4v) is 9.03. The first kappa shape index (κ1) is 35.2. The van der Waals surface area contributed by atoms with Crippen LogP contribution in [0.4, 0.5) is 0 Å². The van der Waals surface area contributed by atoms with Crippen molar-refractivity contribution >= 4 is 41.1 Å². The highest BCUT2D eigenvalue weighted by Gasteiger charge is 2.87. The highest BCUT2D eigenvalue weighted by molar-refractivity contribution is 6.25. The lowest BCUT2D eigenvalue weighted by Crippen LogP contribution is -2.85. The molecule has 0 aromatic heterocycles. The number of halogens is 1. The van der Waals surface area contributed by atoms with Gasteiger partial charge in [-0.3, -0.25) is 9.59 Å². The van der Waals surface area contributed by atoms with E-state index in [2.05, 4.69) is 5.32 Å². The maximum absolute atomic E-state index is 14.7. The molecule has 8 atom stereocenters. The number of nitrogens with zero attached hydrogens (tertiary/aromatic N) is 2. The van der Waals surface area contributed by atoms with Gasteiger partial charge in [-0.1, -0.05) is 55.0 Å². The molecule has 262 valence electrons. The summed E-state index contributed by atoms with van der Waals surface area (Å²) in [4.78, 5) is 71.8. The Morgan fingerprint density at radius 2 is 1.71 bits per heavy atom. The number of quaternary nitrogens is 1. The second-order valence-electron chi connectivity index (χ2n) is 15.1. The molecule has 0 bridgehead atoms. The zero-order valence-corrected chi connectivity index (χ0v) is 30.1.